The maximum Gasteiger partial charge on any atom is 0.384 e. The molecule has 82 valence electrons. The average molecular weight is 208 g/mol. The molecule has 0 aromatic carbocycles. The van der Waals surface area contributed by atoms with Crippen molar-refractivity contribution >= 4 is 11.8 Å². The molecule has 1 fully saturated rings. The molecule has 1 aliphatic carbocycles. The van der Waals surface area contributed by atoms with E-state index in [0.717, 1.165) is 32.1 Å². The van der Waals surface area contributed by atoms with Gasteiger partial charge < -0.3 is 4.74 Å². The van der Waals surface area contributed by atoms with Gasteiger partial charge in [-0.1, -0.05) is 12.3 Å². The van der Waals surface area contributed by atoms with E-state index in [9.17, 15) is 9.59 Å². The van der Waals surface area contributed by atoms with E-state index in [0.29, 0.717) is 12.2 Å². The lowest BCUT2D eigenvalue weighted by atomic mass is 9.85. The number of ether oxygens (including phenoxy) is 1. The third kappa shape index (κ3) is 4.16. The van der Waals surface area contributed by atoms with Crippen molar-refractivity contribution in [3.05, 3.63) is 0 Å². The maximum absolute atomic E-state index is 11.4. The van der Waals surface area contributed by atoms with Crippen LogP contribution < -0.4 is 0 Å². The number of ketones is 1. The first kappa shape index (κ1) is 11.8. The molecule has 3 nitrogen and oxygen atoms in total. The Morgan fingerprint density at radius 3 is 3.00 bits per heavy atom. The van der Waals surface area contributed by atoms with Gasteiger partial charge in [-0.05, 0) is 19.3 Å². The first-order chi connectivity index (χ1) is 7.24. The fourth-order valence-electron chi connectivity index (χ4n) is 1.79. The van der Waals surface area contributed by atoms with Gasteiger partial charge in [0, 0.05) is 24.7 Å². The zero-order valence-electron chi connectivity index (χ0n) is 9.04. The van der Waals surface area contributed by atoms with Gasteiger partial charge in [0.2, 0.25) is 0 Å². The minimum absolute atomic E-state index is 0.172. The normalized spacial score (nSPS) is 20.3. The van der Waals surface area contributed by atoms with Gasteiger partial charge in [0.1, 0.15) is 5.78 Å². The molecule has 15 heavy (non-hydrogen) atoms. The highest BCUT2D eigenvalue weighted by Crippen LogP contribution is 2.24. The van der Waals surface area contributed by atoms with Crippen molar-refractivity contribution in [1.82, 2.24) is 0 Å². The second-order valence-electron chi connectivity index (χ2n) is 3.74. The Hall–Kier alpha value is -1.30. The molecular weight excluding hydrogens is 192 g/mol. The van der Waals surface area contributed by atoms with Gasteiger partial charge in [-0.25, -0.2) is 4.79 Å². The van der Waals surface area contributed by atoms with Crippen LogP contribution in [0.5, 0.6) is 0 Å². The summed E-state index contributed by atoms with van der Waals surface area (Å²) in [7, 11) is 1.31. The Balaban J connectivity index is 2.26. The second-order valence-corrected chi connectivity index (χ2v) is 3.74. The van der Waals surface area contributed by atoms with Crippen molar-refractivity contribution in [2.45, 2.75) is 38.5 Å². The molecule has 0 amide bonds. The highest BCUT2D eigenvalue weighted by Gasteiger charge is 2.20. The Labute approximate surface area is 90.2 Å². The Bertz CT molecular complexity index is 296. The molecule has 1 aliphatic rings. The minimum Gasteiger partial charge on any atom is -0.459 e. The van der Waals surface area contributed by atoms with Crippen molar-refractivity contribution in [1.29, 1.82) is 0 Å². The van der Waals surface area contributed by atoms with Crippen molar-refractivity contribution in [3.63, 3.8) is 0 Å². The number of Topliss-reactive ketones (excluding diaryl/α,β-unsaturated/α-hetero) is 1. The van der Waals surface area contributed by atoms with Crippen LogP contribution >= 0.6 is 0 Å². The minimum atomic E-state index is -0.509. The number of carbonyl (C=O) groups excluding carboxylic acids is 2. The number of esters is 1. The topological polar surface area (TPSA) is 43.4 Å². The quantitative estimate of drug-likeness (QED) is 0.394. The number of methoxy groups -OCH3 is 1. The molecule has 1 unspecified atom stereocenters. The van der Waals surface area contributed by atoms with Crippen LogP contribution in [0.2, 0.25) is 0 Å². The highest BCUT2D eigenvalue weighted by molar-refractivity contribution is 5.88. The molecule has 1 saturated carbocycles. The van der Waals surface area contributed by atoms with Crippen LogP contribution in [-0.2, 0) is 14.3 Å². The molecule has 0 aromatic heterocycles. The van der Waals surface area contributed by atoms with E-state index in [1.165, 1.54) is 7.11 Å². The van der Waals surface area contributed by atoms with Crippen LogP contribution in [0.15, 0.2) is 0 Å². The zero-order valence-corrected chi connectivity index (χ0v) is 9.04. The lowest BCUT2D eigenvalue weighted by Crippen LogP contribution is -2.18. The summed E-state index contributed by atoms with van der Waals surface area (Å²) in [4.78, 5) is 22.1. The number of hydrogen-bond donors (Lipinski definition) is 0. The summed E-state index contributed by atoms with van der Waals surface area (Å²) >= 11 is 0. The number of rotatable bonds is 2. The Kier molecular flexibility index (Phi) is 4.89. The van der Waals surface area contributed by atoms with Crippen molar-refractivity contribution < 1.29 is 14.3 Å². The summed E-state index contributed by atoms with van der Waals surface area (Å²) < 4.78 is 4.38. The molecule has 0 aliphatic heterocycles. The summed E-state index contributed by atoms with van der Waals surface area (Å²) in [5.41, 5.74) is 0. The summed E-state index contributed by atoms with van der Waals surface area (Å²) in [6.45, 7) is 0. The van der Waals surface area contributed by atoms with Crippen LogP contribution in [0.3, 0.4) is 0 Å². The van der Waals surface area contributed by atoms with Crippen LogP contribution in [0, 0.1) is 17.8 Å². The van der Waals surface area contributed by atoms with Crippen LogP contribution in [0.1, 0.15) is 38.5 Å². The van der Waals surface area contributed by atoms with Gasteiger partial charge in [-0.2, -0.15) is 0 Å². The number of carbonyl (C=O) groups is 2. The first-order valence-electron chi connectivity index (χ1n) is 5.33. The van der Waals surface area contributed by atoms with Crippen molar-refractivity contribution in [3.8, 4) is 11.8 Å². The average Bonchev–Trinajstić information content (AvgIpc) is 2.26. The molecule has 0 saturated heterocycles. The van der Waals surface area contributed by atoms with Gasteiger partial charge in [-0.15, -0.1) is 0 Å². The summed E-state index contributed by atoms with van der Waals surface area (Å²) in [6.07, 6.45) is 5.26. The van der Waals surface area contributed by atoms with Crippen LogP contribution in [0.4, 0.5) is 0 Å². The third-order valence-electron chi connectivity index (χ3n) is 2.67. The van der Waals surface area contributed by atoms with E-state index in [4.69, 9.17) is 0 Å². The van der Waals surface area contributed by atoms with Crippen molar-refractivity contribution in [2.24, 2.45) is 5.92 Å². The van der Waals surface area contributed by atoms with Crippen LogP contribution in [0.25, 0.3) is 0 Å². The first-order valence-corrected chi connectivity index (χ1v) is 5.33. The van der Waals surface area contributed by atoms with Crippen LogP contribution in [-0.4, -0.2) is 18.9 Å². The summed E-state index contributed by atoms with van der Waals surface area (Å²) in [6, 6.07) is 0. The molecule has 0 bridgehead atoms. The lowest BCUT2D eigenvalue weighted by Gasteiger charge is -2.18. The smallest absolute Gasteiger partial charge is 0.384 e. The Morgan fingerprint density at radius 2 is 2.33 bits per heavy atom. The molecule has 1 rings (SSSR count). The fraction of sp³-hybridized carbons (Fsp3) is 0.667. The van der Waals surface area contributed by atoms with Crippen molar-refractivity contribution in [2.75, 3.05) is 7.11 Å². The number of hydrogen-bond acceptors (Lipinski definition) is 3. The predicted molar refractivity (Wildman–Crippen MR) is 56.0 cm³/mol. The summed E-state index contributed by atoms with van der Waals surface area (Å²) in [5.74, 6) is 5.12. The van der Waals surface area contributed by atoms with E-state index < -0.39 is 5.97 Å². The largest absolute Gasteiger partial charge is 0.459 e. The maximum atomic E-state index is 11.4. The van der Waals surface area contributed by atoms with E-state index in [1.54, 1.807) is 0 Å². The molecule has 0 N–H and O–H groups in total. The highest BCUT2D eigenvalue weighted by atomic mass is 16.5. The summed E-state index contributed by atoms with van der Waals surface area (Å²) in [5, 5.41) is 0. The van der Waals surface area contributed by atoms with Gasteiger partial charge in [0.25, 0.3) is 0 Å². The predicted octanol–water partition coefficient (Wildman–Crippen LogP) is 1.70. The molecule has 1 atom stereocenters. The SMILES string of the molecule is COC(=O)C#CCCC1CCCCC1=O. The second kappa shape index (κ2) is 6.23. The lowest BCUT2D eigenvalue weighted by molar-refractivity contribution is -0.133. The van der Waals surface area contributed by atoms with E-state index in [2.05, 4.69) is 16.6 Å². The fourth-order valence-corrected chi connectivity index (χ4v) is 1.79. The van der Waals surface area contributed by atoms with Gasteiger partial charge in [0.05, 0.1) is 7.11 Å². The van der Waals surface area contributed by atoms with E-state index >= 15 is 0 Å². The van der Waals surface area contributed by atoms with Gasteiger partial charge in [-0.3, -0.25) is 4.79 Å². The van der Waals surface area contributed by atoms with Gasteiger partial charge in [0.15, 0.2) is 0 Å². The standard InChI is InChI=1S/C12H16O3/c1-15-12(14)9-5-3-7-10-6-2-4-8-11(10)13/h10H,2-4,6-8H2,1H3. The molecular formula is C12H16O3. The monoisotopic (exact) mass is 208 g/mol. The Morgan fingerprint density at radius 1 is 1.53 bits per heavy atom. The van der Waals surface area contributed by atoms with E-state index in [-0.39, 0.29) is 5.92 Å². The molecule has 0 radical (unpaired) electrons. The zero-order chi connectivity index (χ0) is 11.1. The molecule has 3 heteroatoms. The third-order valence-corrected chi connectivity index (χ3v) is 2.67. The molecule has 0 spiro atoms. The molecule has 0 aromatic rings. The molecule has 0 heterocycles. The van der Waals surface area contributed by atoms with Gasteiger partial charge >= 0.3 is 5.97 Å². The van der Waals surface area contributed by atoms with E-state index in [1.807, 2.05) is 0 Å².